The predicted octanol–water partition coefficient (Wildman–Crippen LogP) is 5.44. The Kier molecular flexibility index (Phi) is 30.0. The van der Waals surface area contributed by atoms with Crippen molar-refractivity contribution in [2.75, 3.05) is 52.7 Å². The third kappa shape index (κ3) is 23.4. The Bertz CT molecular complexity index is 2840. The van der Waals surface area contributed by atoms with Crippen molar-refractivity contribution in [3.05, 3.63) is 36.4 Å². The minimum atomic E-state index is -4.24. The Hall–Kier alpha value is -6.40. The highest BCUT2D eigenvalue weighted by atomic mass is 32.2. The Balaban J connectivity index is 1.84. The van der Waals surface area contributed by atoms with E-state index < -0.39 is 98.3 Å². The van der Waals surface area contributed by atoms with E-state index in [-0.39, 0.29) is 86.2 Å². The maximum Gasteiger partial charge on any atom is 0.246 e. The number of hydrogen-bond acceptors (Lipinski definition) is 13. The van der Waals surface area contributed by atoms with Crippen molar-refractivity contribution < 1.29 is 51.6 Å². The van der Waals surface area contributed by atoms with Crippen molar-refractivity contribution in [3.63, 3.8) is 0 Å². The molecule has 0 spiro atoms. The van der Waals surface area contributed by atoms with Gasteiger partial charge in [0.25, 0.3) is 0 Å². The molecule has 0 aromatic heterocycles. The van der Waals surface area contributed by atoms with E-state index in [0.29, 0.717) is 31.2 Å². The van der Waals surface area contributed by atoms with Gasteiger partial charge >= 0.3 is 0 Å². The number of hydrogen-bond donors (Lipinski definition) is 8. The molecule has 1 fully saturated rings. The van der Waals surface area contributed by atoms with E-state index in [1.807, 2.05) is 98.6 Å². The summed E-state index contributed by atoms with van der Waals surface area (Å²) in [5, 5.41) is 23.6. The summed E-state index contributed by atoms with van der Waals surface area (Å²) >= 11 is 0. The first-order chi connectivity index (χ1) is 41.4. The van der Waals surface area contributed by atoms with Crippen molar-refractivity contribution >= 4 is 80.2 Å². The van der Waals surface area contributed by atoms with Gasteiger partial charge in [0, 0.05) is 62.7 Å². The number of carbonyl (C=O) groups is 9. The molecule has 1 aliphatic rings. The highest BCUT2D eigenvalue weighted by Gasteiger charge is 2.45. The van der Waals surface area contributed by atoms with E-state index in [9.17, 15) is 51.6 Å². The molecule has 9 amide bonds. The van der Waals surface area contributed by atoms with Crippen molar-refractivity contribution in [2.24, 2.45) is 17.8 Å². The lowest BCUT2D eigenvalue weighted by Crippen LogP contribution is -2.65. The van der Waals surface area contributed by atoms with E-state index in [2.05, 4.69) is 49.5 Å². The molecule has 3 rings (SSSR count). The van der Waals surface area contributed by atoms with Crippen molar-refractivity contribution in [2.45, 2.75) is 238 Å². The zero-order valence-corrected chi connectivity index (χ0v) is 57.6. The van der Waals surface area contributed by atoms with Gasteiger partial charge in [-0.2, -0.15) is 4.31 Å². The standard InChI is InChI=1S/C65H110N12O11S/c1-19-20-21-22-23-24-30-52(76(41-78)55-33-27-36-77(55)89(87,88)53-32-26-28-46-47(53)29-25-31-51(46)75(17)18)59(83)69-50(39-44(6)7)58(82)71-64(11,12)61(85)70-48(37-42(2)3)56(80)68-49(38-43(4)5)57(81)72-65(13,14)62(86)73-63(9,10)60(84)66-35-34-54(79)67-45(8)40-74(15)16/h25-26,28-29,31-32,41-45,48-50,52,55H,19-24,27,30,33-40H2,1-18H3,(H,66,84)(H,67,79)(H,68,80)(H,69,83)(H,70,85)(H,71,82)(H,72,81)(H,73,86)/t45-,48-,49-,50-,52-,55-/m0/s1. The molecule has 0 radical (unpaired) electrons. The highest BCUT2D eigenvalue weighted by Crippen LogP contribution is 2.36. The summed E-state index contributed by atoms with van der Waals surface area (Å²) in [6, 6.07) is 5.72. The van der Waals surface area contributed by atoms with Crippen LogP contribution in [0.15, 0.2) is 41.3 Å². The van der Waals surface area contributed by atoms with Gasteiger partial charge < -0.3 is 57.2 Å². The lowest BCUT2D eigenvalue weighted by Gasteiger charge is -2.37. The zero-order chi connectivity index (χ0) is 67.4. The zero-order valence-electron chi connectivity index (χ0n) is 56.7. The van der Waals surface area contributed by atoms with E-state index in [0.717, 1.165) is 43.2 Å². The van der Waals surface area contributed by atoms with E-state index in [4.69, 9.17) is 0 Å². The fraction of sp³-hybridized carbons (Fsp3) is 0.708. The van der Waals surface area contributed by atoms with Gasteiger partial charge in [-0.1, -0.05) is 111 Å². The minimum Gasteiger partial charge on any atom is -0.377 e. The summed E-state index contributed by atoms with van der Waals surface area (Å²) in [7, 11) is 3.31. The van der Waals surface area contributed by atoms with Gasteiger partial charge in [0.1, 0.15) is 40.8 Å². The van der Waals surface area contributed by atoms with Gasteiger partial charge in [-0.05, 0) is 131 Å². The lowest BCUT2D eigenvalue weighted by atomic mass is 9.96. The van der Waals surface area contributed by atoms with Crippen LogP contribution in [0.5, 0.6) is 0 Å². The molecule has 2 aromatic rings. The monoisotopic (exact) mass is 1270 g/mol. The summed E-state index contributed by atoms with van der Waals surface area (Å²) in [4.78, 5) is 131. The molecule has 23 nitrogen and oxygen atoms in total. The molecular formula is C65H110N12O11S. The van der Waals surface area contributed by atoms with Crippen molar-refractivity contribution in [1.29, 1.82) is 0 Å². The van der Waals surface area contributed by atoms with Crippen LogP contribution in [0.1, 0.15) is 180 Å². The Morgan fingerprint density at radius 2 is 1.12 bits per heavy atom. The number of nitrogens with zero attached hydrogens (tertiary/aromatic N) is 4. The van der Waals surface area contributed by atoms with Crippen LogP contribution in [0.25, 0.3) is 10.8 Å². The van der Waals surface area contributed by atoms with Gasteiger partial charge in [0.2, 0.25) is 63.7 Å². The first-order valence-electron chi connectivity index (χ1n) is 31.9. The molecule has 1 heterocycles. The maximum atomic E-state index is 14.9. The van der Waals surface area contributed by atoms with Crippen LogP contribution >= 0.6 is 0 Å². The maximum absolute atomic E-state index is 14.9. The first-order valence-corrected chi connectivity index (χ1v) is 33.4. The second kappa shape index (κ2) is 34.7. The van der Waals surface area contributed by atoms with Crippen molar-refractivity contribution in [1.82, 2.24) is 56.6 Å². The van der Waals surface area contributed by atoms with Gasteiger partial charge in [0.05, 0.1) is 11.1 Å². The summed E-state index contributed by atoms with van der Waals surface area (Å²) < 4.78 is 31.0. The Labute approximate surface area is 531 Å². The normalized spacial score (nSPS) is 15.8. The Morgan fingerprint density at radius 1 is 0.618 bits per heavy atom. The molecule has 502 valence electrons. The highest BCUT2D eigenvalue weighted by molar-refractivity contribution is 7.89. The number of carbonyl (C=O) groups excluding carboxylic acids is 9. The van der Waals surface area contributed by atoms with Gasteiger partial charge in [0.15, 0.2) is 0 Å². The molecule has 0 aliphatic carbocycles. The number of likely N-dealkylation sites (N-methyl/N-ethyl adjacent to an activating group) is 1. The third-order valence-electron chi connectivity index (χ3n) is 15.8. The summed E-state index contributed by atoms with van der Waals surface area (Å²) in [5.74, 6) is -5.41. The lowest BCUT2D eigenvalue weighted by molar-refractivity contribution is -0.140. The molecule has 6 atom stereocenters. The van der Waals surface area contributed by atoms with Crippen molar-refractivity contribution in [3.8, 4) is 0 Å². The van der Waals surface area contributed by atoms with Crippen LogP contribution in [0.4, 0.5) is 5.69 Å². The number of unbranched alkanes of at least 4 members (excludes halogenated alkanes) is 5. The molecule has 8 N–H and O–H groups in total. The van der Waals surface area contributed by atoms with Gasteiger partial charge in [-0.15, -0.1) is 0 Å². The number of rotatable bonds is 38. The summed E-state index contributed by atoms with van der Waals surface area (Å²) in [6.45, 7) is 24.7. The van der Waals surface area contributed by atoms with Gasteiger partial charge in [-0.3, -0.25) is 43.2 Å². The van der Waals surface area contributed by atoms with Crippen LogP contribution in [-0.4, -0.2) is 177 Å². The molecule has 0 bridgehead atoms. The van der Waals surface area contributed by atoms with E-state index in [1.54, 1.807) is 24.3 Å². The molecule has 24 heteroatoms. The molecule has 89 heavy (non-hydrogen) atoms. The number of anilines is 1. The second-order valence-corrected chi connectivity index (χ2v) is 29.3. The fourth-order valence-electron chi connectivity index (χ4n) is 11.0. The SMILES string of the molecule is CCCCCCCC[C@@H](C(=O)N[C@@H](CC(C)C)C(=O)NC(C)(C)C(=O)N[C@@H](CC(C)C)C(=O)N[C@@H](CC(C)C)C(=O)NC(C)(C)C(=O)NC(C)(C)C(=O)NCCC(=O)N[C@@H](C)CN(C)C)N(C=O)[C@@H]1CCCN1S(=O)(=O)c1cccc2c(N(C)C)cccc12. The largest absolute Gasteiger partial charge is 0.377 e. The Morgan fingerprint density at radius 3 is 1.66 bits per heavy atom. The van der Waals surface area contributed by atoms with E-state index in [1.165, 1.54) is 50.7 Å². The smallest absolute Gasteiger partial charge is 0.246 e. The quantitative estimate of drug-likeness (QED) is 0.0307. The minimum absolute atomic E-state index is 0.0203. The molecule has 2 aromatic carbocycles. The van der Waals surface area contributed by atoms with Crippen LogP contribution in [0.2, 0.25) is 0 Å². The topological polar surface area (TPSA) is 297 Å². The van der Waals surface area contributed by atoms with Crippen LogP contribution < -0.4 is 47.4 Å². The van der Waals surface area contributed by atoms with Crippen LogP contribution in [0.3, 0.4) is 0 Å². The first kappa shape index (κ1) is 76.8. The number of benzene rings is 2. The average molecular weight is 1270 g/mol. The number of amides is 9. The molecular weight excluding hydrogens is 1160 g/mol. The third-order valence-corrected chi connectivity index (χ3v) is 17.7. The number of sulfonamides is 1. The molecule has 1 saturated heterocycles. The number of fused-ring (bicyclic) bond motifs is 1. The van der Waals surface area contributed by atoms with Crippen LogP contribution in [0, 0.1) is 17.8 Å². The summed E-state index contributed by atoms with van der Waals surface area (Å²) in [6.07, 6.45) is 6.11. The molecule has 0 unspecified atom stereocenters. The number of nitrogens with one attached hydrogen (secondary N) is 8. The van der Waals surface area contributed by atoms with Gasteiger partial charge in [-0.25, -0.2) is 8.42 Å². The molecule has 0 saturated carbocycles. The van der Waals surface area contributed by atoms with E-state index >= 15 is 0 Å². The fourth-order valence-corrected chi connectivity index (χ4v) is 12.9. The second-order valence-electron chi connectivity index (χ2n) is 27.5. The molecule has 1 aliphatic heterocycles. The predicted molar refractivity (Wildman–Crippen MR) is 349 cm³/mol. The summed E-state index contributed by atoms with van der Waals surface area (Å²) in [5.41, 5.74) is -3.92. The average Bonchev–Trinajstić information content (AvgIpc) is 1.77. The van der Waals surface area contributed by atoms with Crippen LogP contribution in [-0.2, 0) is 53.2 Å².